The number of thioether (sulfide) groups is 1. The number of phenolic OH excluding ortho intramolecular Hbond substituents is 1. The molecule has 0 aliphatic heterocycles. The number of amides is 1. The standard InChI is InChI=1S/C15H15N3O2S/c1-11(21-14-8-4-5-9-16-14)15(20)18-17-10-12-6-2-3-7-13(12)19/h2-11,19H,1H3,(H,18,20)/b17-10-/t11-/m1/s1. The molecule has 0 aliphatic rings. The first-order valence-corrected chi connectivity index (χ1v) is 7.23. The van der Waals surface area contributed by atoms with Gasteiger partial charge in [0.25, 0.3) is 5.91 Å². The number of aromatic nitrogens is 1. The maximum Gasteiger partial charge on any atom is 0.253 e. The third-order valence-electron chi connectivity index (χ3n) is 2.62. The molecule has 0 spiro atoms. The number of phenols is 1. The van der Waals surface area contributed by atoms with Gasteiger partial charge in [-0.05, 0) is 31.2 Å². The lowest BCUT2D eigenvalue weighted by Crippen LogP contribution is -2.26. The maximum absolute atomic E-state index is 11.9. The fourth-order valence-electron chi connectivity index (χ4n) is 1.50. The zero-order chi connectivity index (χ0) is 15.1. The van der Waals surface area contributed by atoms with Crippen LogP contribution in [0.1, 0.15) is 12.5 Å². The van der Waals surface area contributed by atoms with Crippen LogP contribution in [0.4, 0.5) is 0 Å². The molecule has 0 unspecified atom stereocenters. The Morgan fingerprint density at radius 3 is 2.81 bits per heavy atom. The first-order valence-electron chi connectivity index (χ1n) is 6.35. The van der Waals surface area contributed by atoms with Gasteiger partial charge in [-0.1, -0.05) is 30.0 Å². The summed E-state index contributed by atoms with van der Waals surface area (Å²) in [5.74, 6) is -0.108. The molecule has 0 bridgehead atoms. The lowest BCUT2D eigenvalue weighted by Gasteiger charge is -2.08. The van der Waals surface area contributed by atoms with Crippen LogP contribution in [0.3, 0.4) is 0 Å². The number of carbonyl (C=O) groups is 1. The van der Waals surface area contributed by atoms with Crippen molar-refractivity contribution in [1.82, 2.24) is 10.4 Å². The summed E-state index contributed by atoms with van der Waals surface area (Å²) in [4.78, 5) is 16.0. The molecule has 1 aromatic carbocycles. The van der Waals surface area contributed by atoms with Gasteiger partial charge in [0.15, 0.2) is 0 Å². The van der Waals surface area contributed by atoms with Crippen molar-refractivity contribution in [2.45, 2.75) is 17.2 Å². The fraction of sp³-hybridized carbons (Fsp3) is 0.133. The van der Waals surface area contributed by atoms with Gasteiger partial charge in [-0.3, -0.25) is 4.79 Å². The van der Waals surface area contributed by atoms with Gasteiger partial charge >= 0.3 is 0 Å². The second-order valence-corrected chi connectivity index (χ2v) is 5.58. The monoisotopic (exact) mass is 301 g/mol. The van der Waals surface area contributed by atoms with Crippen molar-refractivity contribution in [1.29, 1.82) is 0 Å². The van der Waals surface area contributed by atoms with Gasteiger partial charge in [0.05, 0.1) is 16.5 Å². The van der Waals surface area contributed by atoms with E-state index in [4.69, 9.17) is 0 Å². The minimum atomic E-state index is -0.318. The average Bonchev–Trinajstić information content (AvgIpc) is 2.50. The number of para-hydroxylation sites is 1. The Balaban J connectivity index is 1.88. The molecule has 0 aliphatic carbocycles. The Morgan fingerprint density at radius 1 is 1.33 bits per heavy atom. The quantitative estimate of drug-likeness (QED) is 0.505. The SMILES string of the molecule is C[C@@H](Sc1ccccn1)C(=O)N/N=C\c1ccccc1O. The van der Waals surface area contributed by atoms with E-state index in [9.17, 15) is 9.90 Å². The summed E-state index contributed by atoms with van der Waals surface area (Å²) < 4.78 is 0. The molecule has 1 atom stereocenters. The van der Waals surface area contributed by atoms with E-state index < -0.39 is 0 Å². The molecule has 0 saturated heterocycles. The number of hydrazone groups is 1. The summed E-state index contributed by atoms with van der Waals surface area (Å²) >= 11 is 1.35. The summed E-state index contributed by atoms with van der Waals surface area (Å²) in [6.07, 6.45) is 3.09. The largest absolute Gasteiger partial charge is 0.507 e. The van der Waals surface area contributed by atoms with Gasteiger partial charge in [0, 0.05) is 11.8 Å². The summed E-state index contributed by atoms with van der Waals surface area (Å²) in [5.41, 5.74) is 2.99. The third-order valence-corrected chi connectivity index (χ3v) is 3.67. The topological polar surface area (TPSA) is 74.6 Å². The number of nitrogens with one attached hydrogen (secondary N) is 1. The van der Waals surface area contributed by atoms with E-state index in [0.717, 1.165) is 5.03 Å². The summed E-state index contributed by atoms with van der Waals surface area (Å²) in [6.45, 7) is 1.78. The fourth-order valence-corrected chi connectivity index (χ4v) is 2.31. The van der Waals surface area contributed by atoms with Crippen LogP contribution >= 0.6 is 11.8 Å². The van der Waals surface area contributed by atoms with Gasteiger partial charge < -0.3 is 5.11 Å². The van der Waals surface area contributed by atoms with E-state index in [0.29, 0.717) is 5.56 Å². The number of pyridine rings is 1. The van der Waals surface area contributed by atoms with Crippen molar-refractivity contribution in [3.05, 3.63) is 54.2 Å². The van der Waals surface area contributed by atoms with Gasteiger partial charge in [0.2, 0.25) is 0 Å². The molecule has 1 amide bonds. The van der Waals surface area contributed by atoms with E-state index in [-0.39, 0.29) is 16.9 Å². The van der Waals surface area contributed by atoms with Crippen LogP contribution in [-0.2, 0) is 4.79 Å². The molecule has 2 N–H and O–H groups in total. The van der Waals surface area contributed by atoms with Crippen LogP contribution in [0.2, 0.25) is 0 Å². The summed E-state index contributed by atoms with van der Waals surface area (Å²) in [5, 5.41) is 13.9. The summed E-state index contributed by atoms with van der Waals surface area (Å²) in [7, 11) is 0. The number of hydrogen-bond donors (Lipinski definition) is 2. The molecule has 2 rings (SSSR count). The lowest BCUT2D eigenvalue weighted by molar-refractivity contribution is -0.120. The van der Waals surface area contributed by atoms with Crippen LogP contribution in [0.25, 0.3) is 0 Å². The van der Waals surface area contributed by atoms with Gasteiger partial charge in [-0.15, -0.1) is 0 Å². The highest BCUT2D eigenvalue weighted by Crippen LogP contribution is 2.20. The van der Waals surface area contributed by atoms with Crippen LogP contribution in [0.5, 0.6) is 5.75 Å². The van der Waals surface area contributed by atoms with Gasteiger partial charge in [0.1, 0.15) is 5.75 Å². The van der Waals surface area contributed by atoms with E-state index in [2.05, 4.69) is 15.5 Å². The Labute approximate surface area is 127 Å². The molecular weight excluding hydrogens is 286 g/mol. The minimum absolute atomic E-state index is 0.117. The molecule has 5 nitrogen and oxygen atoms in total. The molecule has 21 heavy (non-hydrogen) atoms. The first kappa shape index (κ1) is 15.1. The number of hydrogen-bond acceptors (Lipinski definition) is 5. The number of benzene rings is 1. The van der Waals surface area contributed by atoms with Crippen molar-refractivity contribution in [3.8, 4) is 5.75 Å². The zero-order valence-corrected chi connectivity index (χ0v) is 12.2. The highest BCUT2D eigenvalue weighted by Gasteiger charge is 2.14. The summed E-state index contributed by atoms with van der Waals surface area (Å²) in [6, 6.07) is 12.3. The zero-order valence-electron chi connectivity index (χ0n) is 11.4. The lowest BCUT2D eigenvalue weighted by atomic mass is 10.2. The number of carbonyl (C=O) groups excluding carboxylic acids is 1. The van der Waals surface area contributed by atoms with Crippen molar-refractivity contribution >= 4 is 23.9 Å². The van der Waals surface area contributed by atoms with Crippen molar-refractivity contribution < 1.29 is 9.90 Å². The van der Waals surface area contributed by atoms with Gasteiger partial charge in [-0.2, -0.15) is 5.10 Å². The Hall–Kier alpha value is -2.34. The molecule has 6 heteroatoms. The molecule has 0 radical (unpaired) electrons. The van der Waals surface area contributed by atoms with E-state index in [1.807, 2.05) is 18.2 Å². The van der Waals surface area contributed by atoms with E-state index in [1.54, 1.807) is 37.4 Å². The predicted molar refractivity (Wildman–Crippen MR) is 83.4 cm³/mol. The average molecular weight is 301 g/mol. The van der Waals surface area contributed by atoms with Crippen molar-refractivity contribution in [3.63, 3.8) is 0 Å². The Morgan fingerprint density at radius 2 is 2.10 bits per heavy atom. The maximum atomic E-state index is 11.9. The minimum Gasteiger partial charge on any atom is -0.507 e. The first-order chi connectivity index (χ1) is 10.2. The normalized spacial score (nSPS) is 12.2. The molecule has 0 saturated carbocycles. The molecule has 1 aromatic heterocycles. The molecular formula is C15H15N3O2S. The number of aromatic hydroxyl groups is 1. The van der Waals surface area contributed by atoms with E-state index >= 15 is 0 Å². The van der Waals surface area contributed by atoms with E-state index in [1.165, 1.54) is 18.0 Å². The Kier molecular flexibility index (Phi) is 5.34. The van der Waals surface area contributed by atoms with Crippen LogP contribution in [0.15, 0.2) is 58.8 Å². The Bertz CT molecular complexity index is 632. The smallest absolute Gasteiger partial charge is 0.253 e. The second kappa shape index (κ2) is 7.44. The molecule has 0 fully saturated rings. The van der Waals surface area contributed by atoms with Crippen LogP contribution in [-0.4, -0.2) is 27.5 Å². The highest BCUT2D eigenvalue weighted by molar-refractivity contribution is 8.00. The van der Waals surface area contributed by atoms with Crippen LogP contribution in [0, 0.1) is 0 Å². The predicted octanol–water partition coefficient (Wildman–Crippen LogP) is 2.42. The van der Waals surface area contributed by atoms with Crippen LogP contribution < -0.4 is 5.43 Å². The van der Waals surface area contributed by atoms with Crippen molar-refractivity contribution in [2.24, 2.45) is 5.10 Å². The molecule has 2 aromatic rings. The van der Waals surface area contributed by atoms with Crippen molar-refractivity contribution in [2.75, 3.05) is 0 Å². The number of rotatable bonds is 5. The highest BCUT2D eigenvalue weighted by atomic mass is 32.2. The second-order valence-electron chi connectivity index (χ2n) is 4.22. The molecule has 1 heterocycles. The molecule has 108 valence electrons. The van der Waals surface area contributed by atoms with Gasteiger partial charge in [-0.25, -0.2) is 10.4 Å². The number of nitrogens with zero attached hydrogens (tertiary/aromatic N) is 2. The third kappa shape index (κ3) is 4.61.